The summed E-state index contributed by atoms with van der Waals surface area (Å²) in [5.74, 6) is -0.399. The minimum absolute atomic E-state index is 0.128. The first-order valence-electron chi connectivity index (χ1n) is 6.13. The second-order valence-corrected chi connectivity index (χ2v) is 6.80. The molecule has 0 saturated heterocycles. The van der Waals surface area contributed by atoms with E-state index < -0.39 is 16.7 Å². The minimum Gasteiger partial charge on any atom is -0.369 e. The maximum atomic E-state index is 11.7. The highest BCUT2D eigenvalue weighted by Crippen LogP contribution is 2.29. The number of halogens is 2. The molecule has 0 aliphatic rings. The summed E-state index contributed by atoms with van der Waals surface area (Å²) in [4.78, 5) is 10.8. The molecule has 0 bridgehead atoms. The van der Waals surface area contributed by atoms with E-state index in [9.17, 15) is 9.00 Å². The number of amides is 1. The van der Waals surface area contributed by atoms with Crippen molar-refractivity contribution in [1.29, 1.82) is 0 Å². The van der Waals surface area contributed by atoms with Crippen molar-refractivity contribution >= 4 is 39.9 Å². The van der Waals surface area contributed by atoms with Gasteiger partial charge in [-0.1, -0.05) is 53.5 Å². The van der Waals surface area contributed by atoms with Crippen molar-refractivity contribution in [3.05, 3.63) is 58.1 Å². The van der Waals surface area contributed by atoms with E-state index in [0.29, 0.717) is 10.0 Å². The summed E-state index contributed by atoms with van der Waals surface area (Å²) in [6.07, 6.45) is 0. The molecule has 0 saturated carbocycles. The Morgan fingerprint density at radius 2 is 1.76 bits per heavy atom. The first-order chi connectivity index (χ1) is 9.95. The number of carbonyl (C=O) groups is 1. The Labute approximate surface area is 135 Å². The third-order valence-corrected chi connectivity index (χ3v) is 4.81. The highest BCUT2D eigenvalue weighted by Gasteiger charge is 2.07. The van der Waals surface area contributed by atoms with Crippen LogP contribution in [0.5, 0.6) is 0 Å². The molecule has 2 aromatic rings. The summed E-state index contributed by atoms with van der Waals surface area (Å²) in [5, 5.41) is 0.982. The number of nitrogens with two attached hydrogens (primary N) is 1. The third-order valence-electron chi connectivity index (χ3n) is 2.81. The Bertz CT molecular complexity index is 704. The second-order valence-electron chi connectivity index (χ2n) is 4.52. The van der Waals surface area contributed by atoms with Gasteiger partial charge in [-0.3, -0.25) is 9.00 Å². The summed E-state index contributed by atoms with van der Waals surface area (Å²) in [5.41, 5.74) is 7.78. The molecule has 2 aromatic carbocycles. The van der Waals surface area contributed by atoms with Crippen molar-refractivity contribution in [3.63, 3.8) is 0 Å². The number of benzene rings is 2. The SMILES string of the molecule is NC(=O)C[S@](=O)Cc1cccc(-c2ccc(Cl)c(Cl)c2)c1. The lowest BCUT2D eigenvalue weighted by Gasteiger charge is -2.06. The lowest BCUT2D eigenvalue weighted by molar-refractivity contribution is -0.115. The fraction of sp³-hybridized carbons (Fsp3) is 0.133. The van der Waals surface area contributed by atoms with Gasteiger partial charge < -0.3 is 5.73 Å². The number of carbonyl (C=O) groups excluding carboxylic acids is 1. The molecule has 0 aliphatic heterocycles. The predicted octanol–water partition coefficient (Wildman–Crippen LogP) is 3.39. The van der Waals surface area contributed by atoms with Crippen LogP contribution in [0.25, 0.3) is 11.1 Å². The van der Waals surface area contributed by atoms with E-state index in [1.54, 1.807) is 12.1 Å². The van der Waals surface area contributed by atoms with Crippen molar-refractivity contribution in [2.75, 3.05) is 5.75 Å². The van der Waals surface area contributed by atoms with Crippen LogP contribution >= 0.6 is 23.2 Å². The number of primary amides is 1. The van der Waals surface area contributed by atoms with Crippen LogP contribution in [-0.2, 0) is 21.3 Å². The zero-order chi connectivity index (χ0) is 15.4. The molecule has 0 unspecified atom stereocenters. The fourth-order valence-electron chi connectivity index (χ4n) is 1.91. The Kier molecular flexibility index (Phi) is 5.39. The summed E-state index contributed by atoms with van der Waals surface area (Å²) < 4.78 is 11.7. The molecule has 2 rings (SSSR count). The number of hydrogen-bond acceptors (Lipinski definition) is 2. The Morgan fingerprint density at radius 3 is 2.43 bits per heavy atom. The summed E-state index contributed by atoms with van der Waals surface area (Å²) in [6, 6.07) is 13.0. The van der Waals surface area contributed by atoms with Gasteiger partial charge in [0.1, 0.15) is 5.75 Å². The molecular weight excluding hydrogens is 329 g/mol. The molecule has 1 atom stereocenters. The van der Waals surface area contributed by atoms with Crippen LogP contribution in [0.1, 0.15) is 5.56 Å². The zero-order valence-electron chi connectivity index (χ0n) is 11.0. The zero-order valence-corrected chi connectivity index (χ0v) is 13.3. The molecule has 0 aliphatic carbocycles. The van der Waals surface area contributed by atoms with Gasteiger partial charge in [0, 0.05) is 16.6 Å². The largest absolute Gasteiger partial charge is 0.369 e. The van der Waals surface area contributed by atoms with Crippen LogP contribution in [0.4, 0.5) is 0 Å². The van der Waals surface area contributed by atoms with E-state index in [2.05, 4.69) is 0 Å². The van der Waals surface area contributed by atoms with Crippen LogP contribution in [0.3, 0.4) is 0 Å². The van der Waals surface area contributed by atoms with Crippen LogP contribution < -0.4 is 5.73 Å². The van der Waals surface area contributed by atoms with Gasteiger partial charge in [0.2, 0.25) is 5.91 Å². The second kappa shape index (κ2) is 7.07. The normalized spacial score (nSPS) is 12.1. The number of hydrogen-bond donors (Lipinski definition) is 1. The topological polar surface area (TPSA) is 60.2 Å². The Hall–Kier alpha value is -1.36. The fourth-order valence-corrected chi connectivity index (χ4v) is 3.18. The maximum Gasteiger partial charge on any atom is 0.230 e. The summed E-state index contributed by atoms with van der Waals surface area (Å²) in [6.45, 7) is 0. The van der Waals surface area contributed by atoms with E-state index in [-0.39, 0.29) is 11.5 Å². The van der Waals surface area contributed by atoms with Crippen molar-refractivity contribution in [2.24, 2.45) is 5.73 Å². The van der Waals surface area contributed by atoms with Gasteiger partial charge in [0.05, 0.1) is 10.0 Å². The molecule has 3 nitrogen and oxygen atoms in total. The highest BCUT2D eigenvalue weighted by molar-refractivity contribution is 7.84. The quantitative estimate of drug-likeness (QED) is 0.905. The van der Waals surface area contributed by atoms with Gasteiger partial charge >= 0.3 is 0 Å². The lowest BCUT2D eigenvalue weighted by Crippen LogP contribution is -2.20. The van der Waals surface area contributed by atoms with Gasteiger partial charge in [-0.2, -0.15) is 0 Å². The van der Waals surface area contributed by atoms with Gasteiger partial charge in [0.15, 0.2) is 0 Å². The molecule has 0 radical (unpaired) electrons. The summed E-state index contributed by atoms with van der Waals surface area (Å²) in [7, 11) is -1.30. The predicted molar refractivity (Wildman–Crippen MR) is 87.8 cm³/mol. The first-order valence-corrected chi connectivity index (χ1v) is 8.38. The first kappa shape index (κ1) is 16.0. The summed E-state index contributed by atoms with van der Waals surface area (Å²) >= 11 is 11.9. The Morgan fingerprint density at radius 1 is 1.05 bits per heavy atom. The van der Waals surface area contributed by atoms with Gasteiger partial charge in [-0.25, -0.2) is 0 Å². The lowest BCUT2D eigenvalue weighted by atomic mass is 10.0. The molecule has 21 heavy (non-hydrogen) atoms. The van der Waals surface area contributed by atoms with Crippen molar-refractivity contribution in [1.82, 2.24) is 0 Å². The van der Waals surface area contributed by atoms with Crippen LogP contribution in [-0.4, -0.2) is 15.9 Å². The smallest absolute Gasteiger partial charge is 0.230 e. The molecule has 0 heterocycles. The molecule has 6 heteroatoms. The molecule has 0 aromatic heterocycles. The molecule has 0 spiro atoms. The molecule has 110 valence electrons. The van der Waals surface area contributed by atoms with Crippen molar-refractivity contribution < 1.29 is 9.00 Å². The third kappa shape index (κ3) is 4.56. The Balaban J connectivity index is 2.23. The average molecular weight is 342 g/mol. The van der Waals surface area contributed by atoms with Crippen LogP contribution in [0, 0.1) is 0 Å². The molecule has 0 fully saturated rings. The van der Waals surface area contributed by atoms with Gasteiger partial charge in [-0.15, -0.1) is 0 Å². The maximum absolute atomic E-state index is 11.7. The van der Waals surface area contributed by atoms with E-state index in [4.69, 9.17) is 28.9 Å². The van der Waals surface area contributed by atoms with Crippen molar-refractivity contribution in [3.8, 4) is 11.1 Å². The molecule has 2 N–H and O–H groups in total. The van der Waals surface area contributed by atoms with E-state index >= 15 is 0 Å². The highest BCUT2D eigenvalue weighted by atomic mass is 35.5. The average Bonchev–Trinajstić information content (AvgIpc) is 2.41. The number of rotatable bonds is 5. The molecular formula is C15H13Cl2NO2S. The van der Waals surface area contributed by atoms with Crippen molar-refractivity contribution in [2.45, 2.75) is 5.75 Å². The van der Waals surface area contributed by atoms with E-state index in [1.807, 2.05) is 30.3 Å². The standard InChI is InChI=1S/C15H13Cl2NO2S/c16-13-5-4-12(7-14(13)17)11-3-1-2-10(6-11)8-21(20)9-15(18)19/h1-7H,8-9H2,(H2,18,19)/t21-/m1/s1. The molecule has 1 amide bonds. The minimum atomic E-state index is -1.30. The van der Waals surface area contributed by atoms with Gasteiger partial charge in [-0.05, 0) is 28.8 Å². The van der Waals surface area contributed by atoms with E-state index in [1.165, 1.54) is 0 Å². The monoisotopic (exact) mass is 341 g/mol. The van der Waals surface area contributed by atoms with Gasteiger partial charge in [0.25, 0.3) is 0 Å². The van der Waals surface area contributed by atoms with Crippen LogP contribution in [0.2, 0.25) is 10.0 Å². The van der Waals surface area contributed by atoms with E-state index in [0.717, 1.165) is 16.7 Å². The van der Waals surface area contributed by atoms with Crippen LogP contribution in [0.15, 0.2) is 42.5 Å².